The third-order valence-corrected chi connectivity index (χ3v) is 18.1. The number of nitrogens with one attached hydrogen (secondary N) is 3. The molecule has 9 aromatic rings. The molecule has 92 heavy (non-hydrogen) atoms. The fourth-order valence-electron chi connectivity index (χ4n) is 13.4. The largest absolute Gasteiger partial charge is 0.454 e. The van der Waals surface area contributed by atoms with E-state index in [1.165, 1.54) is 0 Å². The van der Waals surface area contributed by atoms with Crippen molar-refractivity contribution >= 4 is 17.7 Å². The minimum Gasteiger partial charge on any atom is -0.454 e. The maximum Gasteiger partial charge on any atom is 0.255 e. The highest BCUT2D eigenvalue weighted by molar-refractivity contribution is 6.00. The van der Waals surface area contributed by atoms with Crippen LogP contribution < -0.4 is 44.4 Å². The molecule has 22 heteroatoms. The van der Waals surface area contributed by atoms with E-state index in [9.17, 15) is 24.6 Å². The molecule has 5 aliphatic heterocycles. The Morgan fingerprint density at radius 1 is 0.478 bits per heavy atom. The third kappa shape index (κ3) is 12.1. The minimum atomic E-state index is -0.798. The Labute approximate surface area is 528 Å². The zero-order valence-corrected chi connectivity index (χ0v) is 50.2. The first-order chi connectivity index (χ1) is 45.1. The van der Waals surface area contributed by atoms with Gasteiger partial charge in [0.05, 0.1) is 70.3 Å². The van der Waals surface area contributed by atoms with Crippen molar-refractivity contribution in [2.45, 2.75) is 100 Å². The van der Waals surface area contributed by atoms with Gasteiger partial charge in [0.25, 0.3) is 17.7 Å². The van der Waals surface area contributed by atoms with E-state index in [1.54, 1.807) is 18.6 Å². The molecule has 3 aromatic heterocycles. The monoisotopic (exact) mass is 1240 g/mol. The van der Waals surface area contributed by atoms with Gasteiger partial charge < -0.3 is 64.1 Å². The van der Waals surface area contributed by atoms with E-state index in [2.05, 4.69) is 33.2 Å². The Morgan fingerprint density at radius 3 is 1.52 bits per heavy atom. The van der Waals surface area contributed by atoms with E-state index in [0.717, 1.165) is 61.8 Å². The Bertz CT molecular complexity index is 4190. The summed E-state index contributed by atoms with van der Waals surface area (Å²) in [6.07, 6.45) is 10.2. The number of rotatable bonds is 17. The second kappa shape index (κ2) is 25.4. The molecule has 6 aromatic carbocycles. The zero-order valence-electron chi connectivity index (χ0n) is 50.2. The van der Waals surface area contributed by atoms with Crippen molar-refractivity contribution in [3.05, 3.63) is 214 Å². The number of carbonyl (C=O) groups is 3. The van der Waals surface area contributed by atoms with Crippen molar-refractivity contribution in [3.8, 4) is 51.6 Å². The molecule has 1 aliphatic carbocycles. The first kappa shape index (κ1) is 58.4. The maximum absolute atomic E-state index is 14.4. The number of hydrogen-bond acceptors (Lipinski definition) is 16. The van der Waals surface area contributed by atoms with E-state index >= 15 is 0 Å². The van der Waals surface area contributed by atoms with E-state index < -0.39 is 24.3 Å². The van der Waals surface area contributed by atoms with Gasteiger partial charge in [0.15, 0.2) is 34.5 Å². The van der Waals surface area contributed by atoms with Crippen LogP contribution in [0.4, 0.5) is 0 Å². The van der Waals surface area contributed by atoms with Crippen LogP contribution in [0.5, 0.6) is 34.5 Å². The van der Waals surface area contributed by atoms with E-state index in [4.69, 9.17) is 48.1 Å². The predicted octanol–water partition coefficient (Wildman–Crippen LogP) is 8.16. The minimum absolute atomic E-state index is 0.00980. The smallest absolute Gasteiger partial charge is 0.255 e. The number of fused-ring (bicyclic) bond motifs is 3. The van der Waals surface area contributed by atoms with Crippen molar-refractivity contribution in [3.63, 3.8) is 0 Å². The summed E-state index contributed by atoms with van der Waals surface area (Å²) in [5.74, 6) is 1.73. The van der Waals surface area contributed by atoms with Crippen LogP contribution in [0.2, 0.25) is 0 Å². The second-order valence-electron chi connectivity index (χ2n) is 24.2. The van der Waals surface area contributed by atoms with Gasteiger partial charge in [-0.25, -0.2) is 14.0 Å². The molecule has 1 saturated carbocycles. The molecule has 6 aliphatic rings. The highest BCUT2D eigenvalue weighted by Crippen LogP contribution is 2.42. The summed E-state index contributed by atoms with van der Waals surface area (Å²) < 4.78 is 52.1. The first-order valence-electron chi connectivity index (χ1n) is 31.2. The summed E-state index contributed by atoms with van der Waals surface area (Å²) in [6, 6.07) is 40.2. The molecule has 3 amide bonds. The van der Waals surface area contributed by atoms with Gasteiger partial charge >= 0.3 is 0 Å². The van der Waals surface area contributed by atoms with Crippen LogP contribution in [-0.2, 0) is 28.7 Å². The molecule has 7 atom stereocenters. The lowest BCUT2D eigenvalue weighted by molar-refractivity contribution is -0.0261. The van der Waals surface area contributed by atoms with Gasteiger partial charge in [0.2, 0.25) is 20.4 Å². The number of carbonyl (C=O) groups excluding carboxylic acids is 3. The number of aliphatic hydroxyl groups is 2. The topological polar surface area (TPSA) is 255 Å². The lowest BCUT2D eigenvalue weighted by Crippen LogP contribution is -2.48. The lowest BCUT2D eigenvalue weighted by Gasteiger charge is -2.34. The fraction of sp³-hybridized carbons (Fsp3) is 0.314. The van der Waals surface area contributed by atoms with Gasteiger partial charge in [-0.3, -0.25) is 14.4 Å². The molecule has 470 valence electrons. The molecular formula is C70H67N9O13. The van der Waals surface area contributed by atoms with E-state index in [0.29, 0.717) is 122 Å². The third-order valence-electron chi connectivity index (χ3n) is 18.1. The Balaban J connectivity index is 0.576. The van der Waals surface area contributed by atoms with Gasteiger partial charge in [-0.15, -0.1) is 0 Å². The molecule has 8 heterocycles. The standard InChI is InChI=1S/C70H67N9O13/c80-59-15-8-47(57-16-21-72-78(57)50-11-4-42(5-12-50)27-45-30-53(66-63(33-45)88-39-91-66)69(83)75-55-19-24-85-37-60(55)81)35-56(59)76-70(84)54-31-46(34-64-67(54)92-40-89-64)28-43-6-13-51(14-7-43)79-58(17-22-73-79)61-36-48(18-25-86-61)74-68(82)52-29-44(32-62-65(52)90-38-87-62)26-41-2-9-49(10-3-41)77-23-1-20-71-77/h1-7,9-14,16-17,20-23,29-34,47-48,55-56,59-61,80-81H,8,15,18-19,24-28,35-40H2,(H,74,82)(H,75,83)(H,76,84)/t47?,48?,55-,56-,59-,60-,61?/m0/s1. The molecule has 22 nitrogen and oxygen atoms in total. The number of aliphatic hydroxyl groups excluding tert-OH is 2. The second-order valence-corrected chi connectivity index (χ2v) is 24.2. The van der Waals surface area contributed by atoms with Crippen molar-refractivity contribution in [2.75, 3.05) is 40.2 Å². The van der Waals surface area contributed by atoms with Gasteiger partial charge in [-0.05, 0) is 182 Å². The zero-order chi connectivity index (χ0) is 62.2. The number of amides is 3. The van der Waals surface area contributed by atoms with Crippen molar-refractivity contribution in [2.24, 2.45) is 0 Å². The fourth-order valence-corrected chi connectivity index (χ4v) is 13.4. The summed E-state index contributed by atoms with van der Waals surface area (Å²) >= 11 is 0. The van der Waals surface area contributed by atoms with Gasteiger partial charge in [0.1, 0.15) is 6.10 Å². The number of benzene rings is 6. The van der Waals surface area contributed by atoms with Crippen LogP contribution in [0, 0.1) is 0 Å². The van der Waals surface area contributed by atoms with Gasteiger partial charge in [-0.1, -0.05) is 36.4 Å². The van der Waals surface area contributed by atoms with Crippen molar-refractivity contribution < 1.29 is 62.5 Å². The quantitative estimate of drug-likeness (QED) is 0.0576. The summed E-state index contributed by atoms with van der Waals surface area (Å²) in [7, 11) is 0. The highest BCUT2D eigenvalue weighted by atomic mass is 16.7. The van der Waals surface area contributed by atoms with Crippen LogP contribution in [0.3, 0.4) is 0 Å². The molecule has 3 unspecified atom stereocenters. The highest BCUT2D eigenvalue weighted by Gasteiger charge is 2.36. The molecule has 0 bridgehead atoms. The maximum atomic E-state index is 14.4. The molecule has 5 N–H and O–H groups in total. The first-order valence-corrected chi connectivity index (χ1v) is 31.2. The lowest BCUT2D eigenvalue weighted by atomic mass is 9.81. The Hall–Kier alpha value is -10.0. The molecule has 0 spiro atoms. The summed E-state index contributed by atoms with van der Waals surface area (Å²) in [4.78, 5) is 42.1. The number of ether oxygens (including phenoxy) is 8. The van der Waals surface area contributed by atoms with Crippen LogP contribution in [-0.4, -0.2) is 128 Å². The van der Waals surface area contributed by atoms with Crippen LogP contribution in [0.15, 0.2) is 152 Å². The summed E-state index contributed by atoms with van der Waals surface area (Å²) in [5.41, 5.74) is 11.3. The number of aromatic nitrogens is 6. The normalized spacial score (nSPS) is 21.2. The van der Waals surface area contributed by atoms with E-state index in [1.807, 2.05) is 136 Å². The Morgan fingerprint density at radius 2 is 0.989 bits per heavy atom. The molecule has 3 fully saturated rings. The number of nitrogens with zero attached hydrogens (tertiary/aromatic N) is 6. The number of hydrogen-bond donors (Lipinski definition) is 5. The Kier molecular flexibility index (Phi) is 16.1. The summed E-state index contributed by atoms with van der Waals surface area (Å²) in [5, 5.41) is 45.0. The van der Waals surface area contributed by atoms with Crippen molar-refractivity contribution in [1.82, 2.24) is 45.3 Å². The molecular weight excluding hydrogens is 1170 g/mol. The predicted molar refractivity (Wildman–Crippen MR) is 333 cm³/mol. The molecule has 15 rings (SSSR count). The van der Waals surface area contributed by atoms with Crippen molar-refractivity contribution in [1.29, 1.82) is 0 Å². The summed E-state index contributed by atoms with van der Waals surface area (Å²) in [6.45, 7) is 1.09. The van der Waals surface area contributed by atoms with Crippen LogP contribution >= 0.6 is 0 Å². The average Bonchev–Trinajstić information content (AvgIpc) is 1.84. The average molecular weight is 1240 g/mol. The molecule has 0 radical (unpaired) electrons. The van der Waals surface area contributed by atoms with Gasteiger partial charge in [-0.2, -0.15) is 15.3 Å². The van der Waals surface area contributed by atoms with Gasteiger partial charge in [0, 0.05) is 55.7 Å². The molecule has 2 saturated heterocycles. The SMILES string of the molecule is O=C(NC1CCOC(c2ccnn2-c2ccc(Cc3cc4c(c(C(=O)N[C@H]5CC(c6ccnn6-c6ccc(Cc7cc8c(c(C(=O)N[C@H]9CCOC[C@@H]9O)c7)OCO8)cc6)CC[C@@H]5O)c3)OCO4)cc2)C1)c1cc(Cc2ccc(-n3cccn3)cc2)cc2c1OCO2. The van der Waals surface area contributed by atoms with Crippen LogP contribution in [0.25, 0.3) is 17.1 Å². The van der Waals surface area contributed by atoms with Crippen LogP contribution in [0.1, 0.15) is 126 Å². The van der Waals surface area contributed by atoms with E-state index in [-0.39, 0.29) is 62.8 Å².